The SMILES string of the molecule is CC(C)(Nc1ccc(N)cc1C(=O)O)C(N)=O. The number of carbonyl (C=O) groups is 2. The van der Waals surface area contributed by atoms with Crippen molar-refractivity contribution in [3.63, 3.8) is 0 Å². The maximum Gasteiger partial charge on any atom is 0.337 e. The standard InChI is InChI=1S/C11H15N3O3/c1-11(2,10(13)17)14-8-4-3-6(12)5-7(8)9(15)16/h3-5,14H,12H2,1-2H3,(H2,13,17)(H,15,16). The molecule has 0 saturated heterocycles. The molecule has 1 aromatic rings. The summed E-state index contributed by atoms with van der Waals surface area (Å²) in [7, 11) is 0. The molecule has 17 heavy (non-hydrogen) atoms. The highest BCUT2D eigenvalue weighted by Gasteiger charge is 2.26. The van der Waals surface area contributed by atoms with Crippen LogP contribution in [-0.4, -0.2) is 22.5 Å². The molecule has 0 atom stereocenters. The van der Waals surface area contributed by atoms with E-state index in [0.29, 0.717) is 11.4 Å². The molecule has 1 aromatic carbocycles. The molecule has 0 aliphatic rings. The molecule has 1 rings (SSSR count). The van der Waals surface area contributed by atoms with Gasteiger partial charge in [0.05, 0.1) is 5.56 Å². The van der Waals surface area contributed by atoms with Crippen LogP contribution in [0.15, 0.2) is 18.2 Å². The van der Waals surface area contributed by atoms with E-state index in [2.05, 4.69) is 5.32 Å². The van der Waals surface area contributed by atoms with Gasteiger partial charge in [-0.25, -0.2) is 4.79 Å². The lowest BCUT2D eigenvalue weighted by atomic mass is 10.0. The van der Waals surface area contributed by atoms with Crippen LogP contribution in [-0.2, 0) is 4.79 Å². The van der Waals surface area contributed by atoms with Gasteiger partial charge in [-0.05, 0) is 32.0 Å². The summed E-state index contributed by atoms with van der Waals surface area (Å²) in [6.07, 6.45) is 0. The fraction of sp³-hybridized carbons (Fsp3) is 0.273. The molecule has 0 aromatic heterocycles. The van der Waals surface area contributed by atoms with Gasteiger partial charge in [-0.15, -0.1) is 0 Å². The molecule has 0 aliphatic carbocycles. The minimum absolute atomic E-state index is 0.000625. The number of carboxylic acid groups (broad SMARTS) is 1. The highest BCUT2D eigenvalue weighted by molar-refractivity contribution is 5.97. The predicted octanol–water partition coefficient (Wildman–Crippen LogP) is 0.643. The van der Waals surface area contributed by atoms with Crippen molar-refractivity contribution in [3.8, 4) is 0 Å². The molecule has 1 amide bonds. The molecule has 0 heterocycles. The monoisotopic (exact) mass is 237 g/mol. The van der Waals surface area contributed by atoms with Gasteiger partial charge in [0, 0.05) is 11.4 Å². The lowest BCUT2D eigenvalue weighted by Gasteiger charge is -2.24. The van der Waals surface area contributed by atoms with Crippen LogP contribution in [0.1, 0.15) is 24.2 Å². The number of anilines is 2. The molecule has 92 valence electrons. The van der Waals surface area contributed by atoms with Gasteiger partial charge in [0.1, 0.15) is 5.54 Å². The Morgan fingerprint density at radius 2 is 1.94 bits per heavy atom. The van der Waals surface area contributed by atoms with E-state index >= 15 is 0 Å². The smallest absolute Gasteiger partial charge is 0.337 e. The van der Waals surface area contributed by atoms with Crippen LogP contribution in [0.25, 0.3) is 0 Å². The van der Waals surface area contributed by atoms with Gasteiger partial charge < -0.3 is 21.9 Å². The Kier molecular flexibility index (Phi) is 3.26. The van der Waals surface area contributed by atoms with Gasteiger partial charge in [0.25, 0.3) is 0 Å². The summed E-state index contributed by atoms with van der Waals surface area (Å²) >= 11 is 0. The average molecular weight is 237 g/mol. The first-order chi connectivity index (χ1) is 7.74. The third-order valence-electron chi connectivity index (χ3n) is 2.34. The highest BCUT2D eigenvalue weighted by Crippen LogP contribution is 2.22. The van der Waals surface area contributed by atoms with Crippen LogP contribution < -0.4 is 16.8 Å². The molecular weight excluding hydrogens is 222 g/mol. The molecule has 0 spiro atoms. The molecule has 0 aliphatic heterocycles. The molecule has 6 nitrogen and oxygen atoms in total. The van der Waals surface area contributed by atoms with E-state index in [4.69, 9.17) is 16.6 Å². The molecule has 0 saturated carbocycles. The lowest BCUT2D eigenvalue weighted by molar-refractivity contribution is -0.121. The lowest BCUT2D eigenvalue weighted by Crippen LogP contribution is -2.45. The Morgan fingerprint density at radius 1 is 1.35 bits per heavy atom. The number of carboxylic acids is 1. The summed E-state index contributed by atoms with van der Waals surface area (Å²) < 4.78 is 0. The summed E-state index contributed by atoms with van der Waals surface area (Å²) in [4.78, 5) is 22.2. The minimum atomic E-state index is -1.12. The number of primary amides is 1. The van der Waals surface area contributed by atoms with Gasteiger partial charge in [-0.1, -0.05) is 0 Å². The number of hydrogen-bond donors (Lipinski definition) is 4. The molecule has 0 bridgehead atoms. The molecule has 6 N–H and O–H groups in total. The first-order valence-electron chi connectivity index (χ1n) is 4.95. The number of nitrogens with two attached hydrogens (primary N) is 2. The van der Waals surface area contributed by atoms with E-state index in [-0.39, 0.29) is 5.56 Å². The maximum absolute atomic E-state index is 11.2. The highest BCUT2D eigenvalue weighted by atomic mass is 16.4. The second-order valence-corrected chi connectivity index (χ2v) is 4.22. The number of nitrogens with one attached hydrogen (secondary N) is 1. The molecule has 0 radical (unpaired) electrons. The molecular formula is C11H15N3O3. The number of rotatable bonds is 4. The van der Waals surface area contributed by atoms with E-state index in [0.717, 1.165) is 0 Å². The fourth-order valence-corrected chi connectivity index (χ4v) is 1.25. The van der Waals surface area contributed by atoms with Crippen LogP contribution in [0.4, 0.5) is 11.4 Å². The van der Waals surface area contributed by atoms with E-state index in [1.807, 2.05) is 0 Å². The van der Waals surface area contributed by atoms with Crippen molar-refractivity contribution in [1.82, 2.24) is 0 Å². The van der Waals surface area contributed by atoms with Gasteiger partial charge >= 0.3 is 5.97 Å². The number of aromatic carboxylic acids is 1. The van der Waals surface area contributed by atoms with Crippen molar-refractivity contribution in [1.29, 1.82) is 0 Å². The van der Waals surface area contributed by atoms with Gasteiger partial charge in [0.15, 0.2) is 0 Å². The van der Waals surface area contributed by atoms with Crippen molar-refractivity contribution in [2.24, 2.45) is 5.73 Å². The zero-order valence-electron chi connectivity index (χ0n) is 9.65. The van der Waals surface area contributed by atoms with E-state index in [9.17, 15) is 9.59 Å². The average Bonchev–Trinajstić information content (AvgIpc) is 2.19. The first kappa shape index (κ1) is 12.8. The van der Waals surface area contributed by atoms with Gasteiger partial charge in [-0.3, -0.25) is 4.79 Å². The van der Waals surface area contributed by atoms with Crippen molar-refractivity contribution in [2.75, 3.05) is 11.1 Å². The normalized spacial score (nSPS) is 10.9. The van der Waals surface area contributed by atoms with E-state index in [1.165, 1.54) is 12.1 Å². The largest absolute Gasteiger partial charge is 0.478 e. The maximum atomic E-state index is 11.2. The second-order valence-electron chi connectivity index (χ2n) is 4.22. The van der Waals surface area contributed by atoms with Crippen molar-refractivity contribution < 1.29 is 14.7 Å². The molecule has 0 unspecified atom stereocenters. The predicted molar refractivity (Wildman–Crippen MR) is 64.7 cm³/mol. The van der Waals surface area contributed by atoms with E-state index < -0.39 is 17.4 Å². The van der Waals surface area contributed by atoms with Crippen LogP contribution in [0.5, 0.6) is 0 Å². The van der Waals surface area contributed by atoms with E-state index in [1.54, 1.807) is 19.9 Å². The molecule has 6 heteroatoms. The number of amides is 1. The Bertz CT molecular complexity index is 469. The summed E-state index contributed by atoms with van der Waals surface area (Å²) in [6, 6.07) is 4.37. The fourth-order valence-electron chi connectivity index (χ4n) is 1.25. The van der Waals surface area contributed by atoms with Crippen LogP contribution in [0.2, 0.25) is 0 Å². The summed E-state index contributed by atoms with van der Waals surface area (Å²) in [5.41, 5.74) is 10.3. The Balaban J connectivity index is 3.15. The Morgan fingerprint density at radius 3 is 2.41 bits per heavy atom. The number of hydrogen-bond acceptors (Lipinski definition) is 4. The Labute approximate surface area is 98.6 Å². The van der Waals surface area contributed by atoms with Crippen molar-refractivity contribution >= 4 is 23.3 Å². The van der Waals surface area contributed by atoms with Gasteiger partial charge in [0.2, 0.25) is 5.91 Å². The van der Waals surface area contributed by atoms with Crippen LogP contribution in [0, 0.1) is 0 Å². The number of carbonyl (C=O) groups excluding carboxylic acids is 1. The summed E-state index contributed by atoms with van der Waals surface area (Å²) in [5, 5.41) is 11.8. The number of benzene rings is 1. The minimum Gasteiger partial charge on any atom is -0.478 e. The third kappa shape index (κ3) is 2.87. The summed E-state index contributed by atoms with van der Waals surface area (Å²) in [6.45, 7) is 3.13. The molecule has 0 fully saturated rings. The van der Waals surface area contributed by atoms with Crippen molar-refractivity contribution in [2.45, 2.75) is 19.4 Å². The van der Waals surface area contributed by atoms with Crippen LogP contribution >= 0.6 is 0 Å². The third-order valence-corrected chi connectivity index (χ3v) is 2.34. The van der Waals surface area contributed by atoms with Crippen LogP contribution in [0.3, 0.4) is 0 Å². The van der Waals surface area contributed by atoms with Crippen molar-refractivity contribution in [3.05, 3.63) is 23.8 Å². The zero-order valence-corrected chi connectivity index (χ0v) is 9.65. The summed E-state index contributed by atoms with van der Waals surface area (Å²) in [5.74, 6) is -1.70. The zero-order chi connectivity index (χ0) is 13.2. The Hall–Kier alpha value is -2.24. The quantitative estimate of drug-likeness (QED) is 0.573. The number of nitrogen functional groups attached to an aromatic ring is 1. The second kappa shape index (κ2) is 4.32. The topological polar surface area (TPSA) is 118 Å². The first-order valence-corrected chi connectivity index (χ1v) is 4.95. The van der Waals surface area contributed by atoms with Gasteiger partial charge in [-0.2, -0.15) is 0 Å².